The van der Waals surface area contributed by atoms with E-state index in [0.29, 0.717) is 50.7 Å². The summed E-state index contributed by atoms with van der Waals surface area (Å²) in [7, 11) is -5.45. The molecule has 1 aliphatic heterocycles. The Labute approximate surface area is 431 Å². The summed E-state index contributed by atoms with van der Waals surface area (Å²) in [6, 6.07) is 27.8. The molecule has 7 rings (SSSR count). The van der Waals surface area contributed by atoms with Crippen LogP contribution in [0.2, 0.25) is 0 Å². The van der Waals surface area contributed by atoms with Gasteiger partial charge in [0.2, 0.25) is 0 Å². The fourth-order valence-electron chi connectivity index (χ4n) is 7.28. The first-order valence-electron chi connectivity index (χ1n) is 22.5. The number of phenols is 2. The zero-order valence-electron chi connectivity index (χ0n) is 42.0. The summed E-state index contributed by atoms with van der Waals surface area (Å²) in [5.74, 6) is 0.878. The van der Waals surface area contributed by atoms with E-state index in [9.17, 15) is 27.0 Å². The number of phenolic OH excluding ortho intramolecular Hbond substituents is 2. The molecule has 0 atom stereocenters. The van der Waals surface area contributed by atoms with Gasteiger partial charge in [-0.15, -0.1) is 0 Å². The van der Waals surface area contributed by atoms with Crippen molar-refractivity contribution in [3.63, 3.8) is 0 Å². The van der Waals surface area contributed by atoms with E-state index in [0.717, 1.165) is 22.3 Å². The van der Waals surface area contributed by atoms with E-state index in [4.69, 9.17) is 9.47 Å². The minimum atomic E-state index is -4.24. The number of sulfonamides is 2. The molecule has 0 unspecified atom stereocenters. The number of methoxy groups -OCH3 is 2. The van der Waals surface area contributed by atoms with Crippen molar-refractivity contribution in [3.05, 3.63) is 119 Å². The van der Waals surface area contributed by atoms with Gasteiger partial charge in [-0.1, -0.05) is 130 Å². The zero-order chi connectivity index (χ0) is 51.5. The summed E-state index contributed by atoms with van der Waals surface area (Å²) in [4.78, 5) is 3.92. The monoisotopic (exact) mass is 1060 g/mol. The van der Waals surface area contributed by atoms with Crippen molar-refractivity contribution in [3.8, 4) is 23.0 Å². The van der Waals surface area contributed by atoms with Crippen LogP contribution in [0.3, 0.4) is 0 Å². The predicted molar refractivity (Wildman–Crippen MR) is 288 cm³/mol. The molecule has 0 spiro atoms. The number of anilines is 2. The fourth-order valence-corrected chi connectivity index (χ4v) is 14.3. The summed E-state index contributed by atoms with van der Waals surface area (Å²) in [6.45, 7) is 24.9. The number of benzene rings is 6. The number of aromatic hydroxyl groups is 2. The first-order valence-corrected chi connectivity index (χ1v) is 28.8. The van der Waals surface area contributed by atoms with Crippen LogP contribution in [0, 0.1) is 0 Å². The summed E-state index contributed by atoms with van der Waals surface area (Å²) >= 11 is 4.92. The molecular weight excluding hydrogens is 997 g/mol. The Morgan fingerprint density at radius 2 is 0.600 bits per heavy atom. The molecule has 0 amide bonds. The van der Waals surface area contributed by atoms with E-state index >= 15 is 0 Å². The minimum Gasteiger partial charge on any atom is -0.506 e. The second-order valence-corrected chi connectivity index (χ2v) is 29.0. The highest BCUT2D eigenvalue weighted by atomic mass is 32.2. The average Bonchev–Trinajstić information content (AvgIpc) is 3.26. The zero-order valence-corrected chi connectivity index (χ0v) is 46.9. The molecule has 1 aliphatic rings. The number of fused-ring (bicyclic) bond motifs is 8. The highest BCUT2D eigenvalue weighted by Crippen LogP contribution is 2.55. The van der Waals surface area contributed by atoms with Crippen LogP contribution in [-0.2, 0) is 41.7 Å². The lowest BCUT2D eigenvalue weighted by Gasteiger charge is -2.27. The standard InChI is InChI=1S/C54H62N2O8S6/c1-51(2,3)31-23-39-47(55-69(59,60)37-19-15-35(63-13)16-20-37)40(24-31)66-44-28-34(54(10,11)12)30-46(50(44)58)68-42-26-32(52(4,5)6)25-41(48(42)56-70(61,62)38-21-17-36(64-14)18-22-38)67-45-29-33(53(7,8)9)27-43(65-39)49(45)57/h15-30,55-58H,1-14H3. The predicted octanol–water partition coefficient (Wildman–Crippen LogP) is 14.8. The molecule has 10 nitrogen and oxygen atoms in total. The van der Waals surface area contributed by atoms with Crippen molar-refractivity contribution in [2.45, 2.75) is 154 Å². The van der Waals surface area contributed by atoms with E-state index < -0.39 is 41.7 Å². The summed E-state index contributed by atoms with van der Waals surface area (Å²) in [5.41, 5.74) is 2.40. The fraction of sp³-hybridized carbons (Fsp3) is 0.333. The molecule has 8 bridgehead atoms. The number of hydrogen-bond acceptors (Lipinski definition) is 12. The molecule has 372 valence electrons. The molecular formula is C54H62N2O8S6. The van der Waals surface area contributed by atoms with Crippen molar-refractivity contribution in [1.82, 2.24) is 0 Å². The van der Waals surface area contributed by atoms with Gasteiger partial charge in [0.25, 0.3) is 20.0 Å². The highest BCUT2D eigenvalue weighted by Gasteiger charge is 2.31. The van der Waals surface area contributed by atoms with Crippen LogP contribution in [0.25, 0.3) is 0 Å². The SMILES string of the molecule is COc1ccc(S(=O)(=O)Nc2c3cc(C(C)(C)C)cc2Sc2cc(C(C)(C)C)cc(c2O)Sc2cc(C(C)(C)C)cc(c2NS(=O)(=O)c2ccc(OC)cc2)Sc2cc(C(C)(C)C)cc(c2O)S3)cc1. The molecule has 0 fully saturated rings. The minimum absolute atomic E-state index is 0.0176. The quantitative estimate of drug-likeness (QED) is 0.115. The molecule has 6 aromatic rings. The number of hydrogen-bond donors (Lipinski definition) is 4. The summed E-state index contributed by atoms with van der Waals surface area (Å²) < 4.78 is 74.8. The van der Waals surface area contributed by atoms with Crippen LogP contribution in [0.15, 0.2) is 146 Å². The maximum Gasteiger partial charge on any atom is 0.261 e. The lowest BCUT2D eigenvalue weighted by molar-refractivity contribution is 0.414. The van der Waals surface area contributed by atoms with Crippen molar-refractivity contribution in [1.29, 1.82) is 0 Å². The van der Waals surface area contributed by atoms with Crippen LogP contribution in [0.5, 0.6) is 23.0 Å². The molecule has 0 saturated heterocycles. The van der Waals surface area contributed by atoms with E-state index in [1.165, 1.54) is 85.5 Å². The first kappa shape index (κ1) is 53.2. The smallest absolute Gasteiger partial charge is 0.261 e. The van der Waals surface area contributed by atoms with E-state index in [1.807, 2.05) is 48.5 Å². The summed E-state index contributed by atoms with van der Waals surface area (Å²) in [6.07, 6.45) is 0. The largest absolute Gasteiger partial charge is 0.506 e. The maximum atomic E-state index is 14.6. The number of rotatable bonds is 8. The van der Waals surface area contributed by atoms with Gasteiger partial charge in [-0.2, -0.15) is 0 Å². The topological polar surface area (TPSA) is 151 Å². The Morgan fingerprint density at radius 3 is 0.800 bits per heavy atom. The molecule has 4 N–H and O–H groups in total. The van der Waals surface area contributed by atoms with Crippen LogP contribution in [-0.4, -0.2) is 41.3 Å². The lowest BCUT2D eigenvalue weighted by Crippen LogP contribution is -2.17. The molecule has 6 aromatic carbocycles. The Hall–Kier alpha value is -4.58. The Morgan fingerprint density at radius 1 is 0.386 bits per heavy atom. The third kappa shape index (κ3) is 11.7. The van der Waals surface area contributed by atoms with E-state index in [-0.39, 0.29) is 32.7 Å². The number of ether oxygens (including phenoxy) is 2. The van der Waals surface area contributed by atoms with Crippen molar-refractivity contribution in [2.75, 3.05) is 23.7 Å². The molecule has 0 aliphatic carbocycles. The molecule has 0 aromatic heterocycles. The van der Waals surface area contributed by atoms with Gasteiger partial charge in [0.15, 0.2) is 0 Å². The Bertz CT molecular complexity index is 2890. The number of nitrogens with one attached hydrogen (secondary N) is 2. The van der Waals surface area contributed by atoms with Gasteiger partial charge in [0.05, 0.1) is 55.0 Å². The van der Waals surface area contributed by atoms with Crippen molar-refractivity contribution >= 4 is 78.5 Å². The second kappa shape index (κ2) is 19.4. The molecule has 70 heavy (non-hydrogen) atoms. The average molecular weight is 1060 g/mol. The summed E-state index contributed by atoms with van der Waals surface area (Å²) in [5, 5.41) is 25.3. The van der Waals surface area contributed by atoms with Crippen LogP contribution in [0.1, 0.15) is 105 Å². The van der Waals surface area contributed by atoms with Crippen LogP contribution < -0.4 is 18.9 Å². The maximum absolute atomic E-state index is 14.6. The van der Waals surface area contributed by atoms with Crippen molar-refractivity contribution in [2.24, 2.45) is 0 Å². The molecule has 1 heterocycles. The first-order chi connectivity index (χ1) is 32.4. The third-order valence-corrected chi connectivity index (χ3v) is 18.8. The molecule has 0 radical (unpaired) electrons. The van der Waals surface area contributed by atoms with E-state index in [2.05, 4.69) is 92.5 Å². The van der Waals surface area contributed by atoms with Gasteiger partial charge in [-0.25, -0.2) is 16.8 Å². The van der Waals surface area contributed by atoms with Gasteiger partial charge in [-0.3, -0.25) is 9.44 Å². The molecule has 0 saturated carbocycles. The Kier molecular flexibility index (Phi) is 14.8. The van der Waals surface area contributed by atoms with Gasteiger partial charge in [0, 0.05) is 19.6 Å². The van der Waals surface area contributed by atoms with Gasteiger partial charge >= 0.3 is 0 Å². The Balaban J connectivity index is 1.59. The van der Waals surface area contributed by atoms with Crippen LogP contribution in [0.4, 0.5) is 11.4 Å². The van der Waals surface area contributed by atoms with Gasteiger partial charge in [0.1, 0.15) is 23.0 Å². The van der Waals surface area contributed by atoms with Crippen molar-refractivity contribution < 1.29 is 36.5 Å². The van der Waals surface area contributed by atoms with Gasteiger partial charge < -0.3 is 19.7 Å². The normalized spacial score (nSPS) is 13.7. The highest BCUT2D eigenvalue weighted by molar-refractivity contribution is 8.02. The second-order valence-electron chi connectivity index (χ2n) is 21.3. The molecule has 16 heteroatoms. The van der Waals surface area contributed by atoms with Crippen LogP contribution >= 0.6 is 47.0 Å². The lowest BCUT2D eigenvalue weighted by atomic mass is 9.87. The van der Waals surface area contributed by atoms with Gasteiger partial charge in [-0.05, 0) is 141 Å². The third-order valence-electron chi connectivity index (χ3n) is 11.8. The van der Waals surface area contributed by atoms with E-state index in [1.54, 1.807) is 24.3 Å².